The van der Waals surface area contributed by atoms with E-state index in [1.165, 1.54) is 21.5 Å². The molecule has 0 amide bonds. The summed E-state index contributed by atoms with van der Waals surface area (Å²) in [6.45, 7) is 5.93. The van der Waals surface area contributed by atoms with Gasteiger partial charge in [0.1, 0.15) is 5.76 Å². The molecule has 0 spiro atoms. The quantitative estimate of drug-likeness (QED) is 0.194. The number of aromatic nitrogens is 4. The third-order valence-corrected chi connectivity index (χ3v) is 8.09. The third kappa shape index (κ3) is 4.17. The van der Waals surface area contributed by atoms with E-state index in [0.717, 1.165) is 38.4 Å². The highest BCUT2D eigenvalue weighted by Gasteiger charge is 2.20. The Labute approximate surface area is 253 Å². The number of furan rings is 1. The highest BCUT2D eigenvalue weighted by Crippen LogP contribution is 2.37. The van der Waals surface area contributed by atoms with E-state index in [0.29, 0.717) is 28.8 Å². The van der Waals surface area contributed by atoms with Crippen molar-refractivity contribution in [1.82, 2.24) is 19.9 Å². The topological polar surface area (TPSA) is 64.7 Å². The Morgan fingerprint density at radius 3 is 2.11 bits per heavy atom. The summed E-state index contributed by atoms with van der Waals surface area (Å²) in [5.74, 6) is 2.38. The van der Waals surface area contributed by atoms with Crippen molar-refractivity contribution in [3.05, 3.63) is 133 Å². The predicted molar refractivity (Wildman–Crippen MR) is 181 cm³/mol. The molecule has 0 aliphatic carbocycles. The molecule has 44 heavy (non-hydrogen) atoms. The van der Waals surface area contributed by atoms with Crippen LogP contribution in [0.2, 0.25) is 0 Å². The molecule has 0 aliphatic heterocycles. The molecule has 0 atom stereocenters. The van der Waals surface area contributed by atoms with Gasteiger partial charge in [-0.1, -0.05) is 110 Å². The summed E-state index contributed by atoms with van der Waals surface area (Å²) in [7, 11) is 0. The standard InChI is InChI=1S/C39H26N4O/c1-3-10-31-34(4-2)44-35-23-40-22-33(36(31)35)39-42-37(26-12-6-5-7-13-26)41-38(43-39)27-16-15-25-18-19-29-28-14-9-8-11-24(28)17-20-30(29)32(25)21-27/h3-23H,2H2,1H3/b10-3-. The van der Waals surface area contributed by atoms with Crippen LogP contribution in [0, 0.1) is 0 Å². The molecule has 0 saturated carbocycles. The molecule has 0 bridgehead atoms. The second-order valence-electron chi connectivity index (χ2n) is 10.7. The average molecular weight is 567 g/mol. The Balaban J connectivity index is 1.39. The first-order chi connectivity index (χ1) is 21.7. The maximum absolute atomic E-state index is 6.11. The zero-order chi connectivity index (χ0) is 29.6. The molecular weight excluding hydrogens is 540 g/mol. The van der Waals surface area contributed by atoms with Crippen molar-refractivity contribution in [3.8, 4) is 34.2 Å². The van der Waals surface area contributed by atoms with Gasteiger partial charge in [0.15, 0.2) is 23.1 Å². The fourth-order valence-electron chi connectivity index (χ4n) is 6.05. The largest absolute Gasteiger partial charge is 0.454 e. The molecule has 5 nitrogen and oxygen atoms in total. The maximum Gasteiger partial charge on any atom is 0.166 e. The summed E-state index contributed by atoms with van der Waals surface area (Å²) in [4.78, 5) is 19.5. The van der Waals surface area contributed by atoms with Crippen LogP contribution in [0.15, 0.2) is 127 Å². The Kier molecular flexibility index (Phi) is 6.09. The maximum atomic E-state index is 6.11. The van der Waals surface area contributed by atoms with Crippen LogP contribution in [-0.4, -0.2) is 19.9 Å². The lowest BCUT2D eigenvalue weighted by Crippen LogP contribution is -2.01. The van der Waals surface area contributed by atoms with Crippen LogP contribution in [-0.2, 0) is 0 Å². The Morgan fingerprint density at radius 1 is 0.636 bits per heavy atom. The molecule has 0 N–H and O–H groups in total. The van der Waals surface area contributed by atoms with E-state index < -0.39 is 0 Å². The minimum atomic E-state index is 0.526. The van der Waals surface area contributed by atoms with E-state index in [4.69, 9.17) is 19.4 Å². The molecule has 8 rings (SSSR count). The zero-order valence-electron chi connectivity index (χ0n) is 24.0. The molecule has 5 heteroatoms. The van der Waals surface area contributed by atoms with E-state index in [2.05, 4.69) is 78.3 Å². The second-order valence-corrected chi connectivity index (χ2v) is 10.7. The van der Waals surface area contributed by atoms with Gasteiger partial charge in [0, 0.05) is 33.8 Å². The number of nitrogens with zero attached hydrogens (tertiary/aromatic N) is 4. The van der Waals surface area contributed by atoms with Crippen LogP contribution in [0.5, 0.6) is 0 Å². The molecule has 5 aromatic carbocycles. The molecule has 3 heterocycles. The van der Waals surface area contributed by atoms with E-state index >= 15 is 0 Å². The SMILES string of the molecule is C=Cc1oc2cncc(-c3nc(-c4ccccc4)nc(-c4ccc5ccc6c7ccccc7ccc6c5c4)n3)c2c1/C=C\C. The fourth-order valence-corrected chi connectivity index (χ4v) is 6.05. The van der Waals surface area contributed by atoms with Crippen molar-refractivity contribution in [2.24, 2.45) is 0 Å². The van der Waals surface area contributed by atoms with Gasteiger partial charge in [-0.05, 0) is 51.4 Å². The normalized spacial score (nSPS) is 11.8. The van der Waals surface area contributed by atoms with E-state index in [1.54, 1.807) is 18.5 Å². The number of pyridine rings is 1. The molecule has 0 saturated heterocycles. The van der Waals surface area contributed by atoms with E-state index in [-0.39, 0.29) is 0 Å². The predicted octanol–water partition coefficient (Wildman–Crippen LogP) is 10.1. The van der Waals surface area contributed by atoms with Gasteiger partial charge in [-0.15, -0.1) is 0 Å². The van der Waals surface area contributed by atoms with E-state index in [1.807, 2.05) is 49.4 Å². The molecule has 0 unspecified atom stereocenters. The first-order valence-electron chi connectivity index (χ1n) is 14.5. The summed E-state index contributed by atoms with van der Waals surface area (Å²) < 4.78 is 6.11. The first kappa shape index (κ1) is 25.7. The number of fused-ring (bicyclic) bond motifs is 6. The van der Waals surface area contributed by atoms with Gasteiger partial charge in [-0.25, -0.2) is 15.0 Å². The number of hydrogen-bond acceptors (Lipinski definition) is 5. The molecule has 8 aromatic rings. The minimum absolute atomic E-state index is 0.526. The van der Waals surface area contributed by atoms with Gasteiger partial charge in [0.05, 0.1) is 6.20 Å². The molecular formula is C39H26N4O. The number of benzene rings is 5. The summed E-state index contributed by atoms with van der Waals surface area (Å²) >= 11 is 0. The molecule has 208 valence electrons. The smallest absolute Gasteiger partial charge is 0.166 e. The van der Waals surface area contributed by atoms with Gasteiger partial charge < -0.3 is 4.42 Å². The third-order valence-electron chi connectivity index (χ3n) is 8.09. The lowest BCUT2D eigenvalue weighted by Gasteiger charge is -2.11. The van der Waals surface area contributed by atoms with Crippen LogP contribution >= 0.6 is 0 Å². The minimum Gasteiger partial charge on any atom is -0.454 e. The lowest BCUT2D eigenvalue weighted by atomic mass is 9.96. The van der Waals surface area contributed by atoms with Crippen LogP contribution in [0.25, 0.3) is 89.6 Å². The van der Waals surface area contributed by atoms with Gasteiger partial charge in [0.2, 0.25) is 0 Å². The Morgan fingerprint density at radius 2 is 1.32 bits per heavy atom. The highest BCUT2D eigenvalue weighted by molar-refractivity contribution is 6.17. The van der Waals surface area contributed by atoms with Gasteiger partial charge >= 0.3 is 0 Å². The van der Waals surface area contributed by atoms with Crippen LogP contribution < -0.4 is 0 Å². The summed E-state index contributed by atoms with van der Waals surface area (Å²) in [6, 6.07) is 33.7. The lowest BCUT2D eigenvalue weighted by molar-refractivity contribution is 0.602. The van der Waals surface area contributed by atoms with Gasteiger partial charge in [-0.3, -0.25) is 4.98 Å². The average Bonchev–Trinajstić information content (AvgIpc) is 3.45. The van der Waals surface area contributed by atoms with Gasteiger partial charge in [0.25, 0.3) is 0 Å². The van der Waals surface area contributed by atoms with Crippen molar-refractivity contribution in [1.29, 1.82) is 0 Å². The van der Waals surface area contributed by atoms with Crippen molar-refractivity contribution < 1.29 is 4.42 Å². The second kappa shape index (κ2) is 10.4. The number of rotatable bonds is 5. The van der Waals surface area contributed by atoms with Crippen molar-refractivity contribution in [3.63, 3.8) is 0 Å². The summed E-state index contributed by atoms with van der Waals surface area (Å²) in [5, 5.41) is 8.09. The van der Waals surface area contributed by atoms with Crippen molar-refractivity contribution in [2.45, 2.75) is 6.92 Å². The molecule has 0 aliphatic rings. The highest BCUT2D eigenvalue weighted by atomic mass is 16.3. The Hall–Kier alpha value is -5.94. The first-order valence-corrected chi connectivity index (χ1v) is 14.5. The van der Waals surface area contributed by atoms with Crippen LogP contribution in [0.3, 0.4) is 0 Å². The fraction of sp³-hybridized carbons (Fsp3) is 0.0256. The van der Waals surface area contributed by atoms with Crippen LogP contribution in [0.4, 0.5) is 0 Å². The van der Waals surface area contributed by atoms with Crippen molar-refractivity contribution >= 4 is 55.4 Å². The van der Waals surface area contributed by atoms with Crippen LogP contribution in [0.1, 0.15) is 18.2 Å². The summed E-state index contributed by atoms with van der Waals surface area (Å²) in [5.41, 5.74) is 4.15. The monoisotopic (exact) mass is 566 g/mol. The number of hydrogen-bond donors (Lipinski definition) is 0. The Bertz CT molecular complexity index is 2420. The van der Waals surface area contributed by atoms with Gasteiger partial charge in [-0.2, -0.15) is 0 Å². The number of allylic oxidation sites excluding steroid dienone is 1. The van der Waals surface area contributed by atoms with Crippen molar-refractivity contribution in [2.75, 3.05) is 0 Å². The zero-order valence-corrected chi connectivity index (χ0v) is 24.0. The molecule has 0 radical (unpaired) electrons. The molecule has 3 aromatic heterocycles. The summed E-state index contributed by atoms with van der Waals surface area (Å²) in [6.07, 6.45) is 9.24. The molecule has 0 fully saturated rings. The van der Waals surface area contributed by atoms with E-state index in [9.17, 15) is 0 Å².